The molecule has 2 aromatic rings. The van der Waals surface area contributed by atoms with E-state index in [-0.39, 0.29) is 18.4 Å². The average Bonchev–Trinajstić information content (AvgIpc) is 2.83. The molecule has 2 amide bonds. The topological polar surface area (TPSA) is 115 Å². The lowest BCUT2D eigenvalue weighted by atomic mass is 10.1. The van der Waals surface area contributed by atoms with Crippen LogP contribution in [0.2, 0.25) is 0 Å². The highest BCUT2D eigenvalue weighted by Crippen LogP contribution is 2.09. The Morgan fingerprint density at radius 2 is 1.83 bits per heavy atom. The van der Waals surface area contributed by atoms with Gasteiger partial charge in [-0.1, -0.05) is 0 Å². The van der Waals surface area contributed by atoms with Crippen molar-refractivity contribution in [2.75, 3.05) is 5.32 Å². The van der Waals surface area contributed by atoms with Gasteiger partial charge in [0.2, 0.25) is 11.8 Å². The zero-order chi connectivity index (χ0) is 17.0. The molecule has 9 nitrogen and oxygen atoms in total. The molecule has 2 aromatic heterocycles. The first-order valence-corrected chi connectivity index (χ1v) is 7.10. The van der Waals surface area contributed by atoms with E-state index in [9.17, 15) is 9.59 Å². The first-order chi connectivity index (χ1) is 10.8. The molecule has 2 rings (SSSR count). The summed E-state index contributed by atoms with van der Waals surface area (Å²) in [6.45, 7) is 7.29. The van der Waals surface area contributed by atoms with Crippen LogP contribution in [0.5, 0.6) is 0 Å². The van der Waals surface area contributed by atoms with Crippen LogP contribution in [0.1, 0.15) is 29.7 Å². The Hall–Kier alpha value is -2.84. The van der Waals surface area contributed by atoms with E-state index in [2.05, 4.69) is 30.8 Å². The number of anilines is 1. The van der Waals surface area contributed by atoms with Crippen molar-refractivity contribution < 1.29 is 9.59 Å². The van der Waals surface area contributed by atoms with Crippen LogP contribution < -0.4 is 10.6 Å². The molecule has 0 unspecified atom stereocenters. The van der Waals surface area contributed by atoms with E-state index in [0.29, 0.717) is 18.2 Å². The number of aromatic nitrogens is 5. The van der Waals surface area contributed by atoms with Crippen molar-refractivity contribution in [2.24, 2.45) is 0 Å². The third-order valence-electron chi connectivity index (χ3n) is 3.12. The summed E-state index contributed by atoms with van der Waals surface area (Å²) < 4.78 is 0. The van der Waals surface area contributed by atoms with Crippen LogP contribution in [-0.4, -0.2) is 36.8 Å². The minimum Gasteiger partial charge on any atom is -0.350 e. The highest BCUT2D eigenvalue weighted by Gasteiger charge is 2.10. The molecule has 0 radical (unpaired) electrons. The van der Waals surface area contributed by atoms with Crippen molar-refractivity contribution in [1.29, 1.82) is 0 Å². The number of rotatable bonds is 5. The summed E-state index contributed by atoms with van der Waals surface area (Å²) in [6, 6.07) is 0. The van der Waals surface area contributed by atoms with Gasteiger partial charge < -0.3 is 10.6 Å². The highest BCUT2D eigenvalue weighted by atomic mass is 16.2. The molecule has 0 aliphatic carbocycles. The average molecular weight is 317 g/mol. The van der Waals surface area contributed by atoms with E-state index in [1.807, 2.05) is 20.8 Å². The monoisotopic (exact) mass is 317 g/mol. The Kier molecular flexibility index (Phi) is 4.99. The van der Waals surface area contributed by atoms with Gasteiger partial charge in [-0.3, -0.25) is 9.59 Å². The second-order valence-corrected chi connectivity index (χ2v) is 5.14. The standard InChI is InChI=1S/C14H19N7O2/c1-8-12(9(2)18-10(3)17-8)5-15-14(23)7-21-16-6-13(20-21)19-11(4)22/h6H,5,7H2,1-4H3,(H,15,23)(H,19,20,22). The Bertz CT molecular complexity index is 715. The number of amides is 2. The predicted molar refractivity (Wildman–Crippen MR) is 82.4 cm³/mol. The quantitative estimate of drug-likeness (QED) is 0.818. The molecule has 2 N–H and O–H groups in total. The van der Waals surface area contributed by atoms with Gasteiger partial charge in [-0.2, -0.15) is 9.90 Å². The number of carbonyl (C=O) groups excluding carboxylic acids is 2. The van der Waals surface area contributed by atoms with Crippen LogP contribution in [0.4, 0.5) is 5.82 Å². The summed E-state index contributed by atoms with van der Waals surface area (Å²) in [7, 11) is 0. The van der Waals surface area contributed by atoms with Crippen LogP contribution >= 0.6 is 0 Å². The number of nitrogens with zero attached hydrogens (tertiary/aromatic N) is 5. The Morgan fingerprint density at radius 3 is 2.43 bits per heavy atom. The second-order valence-electron chi connectivity index (χ2n) is 5.14. The SMILES string of the molecule is CC(=O)Nc1cnn(CC(=O)NCc2c(C)nc(C)nc2C)n1. The number of hydrogen-bond acceptors (Lipinski definition) is 6. The van der Waals surface area contributed by atoms with Crippen LogP contribution in [0.3, 0.4) is 0 Å². The molecule has 0 aliphatic rings. The van der Waals surface area contributed by atoms with Gasteiger partial charge in [0.1, 0.15) is 12.4 Å². The fourth-order valence-corrected chi connectivity index (χ4v) is 2.15. The van der Waals surface area contributed by atoms with E-state index in [0.717, 1.165) is 17.0 Å². The van der Waals surface area contributed by atoms with Gasteiger partial charge in [-0.25, -0.2) is 9.97 Å². The van der Waals surface area contributed by atoms with Crippen LogP contribution in [0, 0.1) is 20.8 Å². The van der Waals surface area contributed by atoms with Crippen LogP contribution in [0.15, 0.2) is 6.20 Å². The molecule has 122 valence electrons. The van der Waals surface area contributed by atoms with Gasteiger partial charge >= 0.3 is 0 Å². The molecule has 0 fully saturated rings. The smallest absolute Gasteiger partial charge is 0.243 e. The Labute approximate surface area is 133 Å². The van der Waals surface area contributed by atoms with E-state index in [4.69, 9.17) is 0 Å². The Morgan fingerprint density at radius 1 is 1.17 bits per heavy atom. The summed E-state index contributed by atoms with van der Waals surface area (Å²) in [6.07, 6.45) is 1.39. The molecular weight excluding hydrogens is 298 g/mol. The minimum atomic E-state index is -0.244. The fraction of sp³-hybridized carbons (Fsp3) is 0.429. The van der Waals surface area contributed by atoms with E-state index < -0.39 is 0 Å². The molecule has 2 heterocycles. The van der Waals surface area contributed by atoms with Crippen molar-refractivity contribution in [1.82, 2.24) is 30.3 Å². The lowest BCUT2D eigenvalue weighted by Crippen LogP contribution is -2.29. The third kappa shape index (κ3) is 4.56. The van der Waals surface area contributed by atoms with E-state index in [1.165, 1.54) is 17.9 Å². The lowest BCUT2D eigenvalue weighted by Gasteiger charge is -2.10. The molecule has 0 bridgehead atoms. The molecule has 0 aromatic carbocycles. The van der Waals surface area contributed by atoms with Gasteiger partial charge in [0.05, 0.1) is 6.20 Å². The fourth-order valence-electron chi connectivity index (χ4n) is 2.15. The molecule has 0 saturated carbocycles. The summed E-state index contributed by atoms with van der Waals surface area (Å²) in [5.74, 6) is 0.534. The molecular formula is C14H19N7O2. The van der Waals surface area contributed by atoms with Crippen molar-refractivity contribution in [3.63, 3.8) is 0 Å². The number of hydrogen-bond donors (Lipinski definition) is 2. The summed E-state index contributed by atoms with van der Waals surface area (Å²) in [4.78, 5) is 32.7. The second kappa shape index (κ2) is 6.95. The van der Waals surface area contributed by atoms with Crippen LogP contribution in [-0.2, 0) is 22.7 Å². The number of carbonyl (C=O) groups is 2. The summed E-state index contributed by atoms with van der Waals surface area (Å²) in [5, 5.41) is 13.2. The highest BCUT2D eigenvalue weighted by molar-refractivity contribution is 5.87. The molecule has 0 spiro atoms. The van der Waals surface area contributed by atoms with Crippen molar-refractivity contribution in [3.8, 4) is 0 Å². The zero-order valence-electron chi connectivity index (χ0n) is 13.5. The molecule has 0 aliphatic heterocycles. The van der Waals surface area contributed by atoms with Gasteiger partial charge in [-0.05, 0) is 20.8 Å². The van der Waals surface area contributed by atoms with Gasteiger partial charge in [0.25, 0.3) is 0 Å². The van der Waals surface area contributed by atoms with Crippen molar-refractivity contribution in [2.45, 2.75) is 40.8 Å². The molecule has 9 heteroatoms. The minimum absolute atomic E-state index is 0.0373. The first-order valence-electron chi connectivity index (χ1n) is 7.10. The largest absolute Gasteiger partial charge is 0.350 e. The molecule has 0 saturated heterocycles. The van der Waals surface area contributed by atoms with Gasteiger partial charge in [0, 0.05) is 30.4 Å². The van der Waals surface area contributed by atoms with Crippen LogP contribution in [0.25, 0.3) is 0 Å². The normalized spacial score (nSPS) is 10.4. The number of nitrogens with one attached hydrogen (secondary N) is 2. The summed E-state index contributed by atoms with van der Waals surface area (Å²) >= 11 is 0. The zero-order valence-corrected chi connectivity index (χ0v) is 13.5. The van der Waals surface area contributed by atoms with Gasteiger partial charge in [-0.15, -0.1) is 5.10 Å². The van der Waals surface area contributed by atoms with Crippen molar-refractivity contribution in [3.05, 3.63) is 29.0 Å². The maximum atomic E-state index is 12.0. The maximum Gasteiger partial charge on any atom is 0.243 e. The molecule has 0 atom stereocenters. The number of aryl methyl sites for hydroxylation is 3. The molecule has 23 heavy (non-hydrogen) atoms. The Balaban J connectivity index is 1.93. The predicted octanol–water partition coefficient (Wildman–Crippen LogP) is 0.268. The lowest BCUT2D eigenvalue weighted by molar-refractivity contribution is -0.122. The van der Waals surface area contributed by atoms with Gasteiger partial charge in [0.15, 0.2) is 5.82 Å². The first kappa shape index (κ1) is 16.5. The van der Waals surface area contributed by atoms with E-state index in [1.54, 1.807) is 0 Å². The summed E-state index contributed by atoms with van der Waals surface area (Å²) in [5.41, 5.74) is 2.59. The maximum absolute atomic E-state index is 12.0. The third-order valence-corrected chi connectivity index (χ3v) is 3.12. The van der Waals surface area contributed by atoms with E-state index >= 15 is 0 Å². The van der Waals surface area contributed by atoms with Crippen molar-refractivity contribution >= 4 is 17.6 Å².